The number of carbonyl (C=O) groups is 1. The lowest BCUT2D eigenvalue weighted by Crippen LogP contribution is -2.59. The van der Waals surface area contributed by atoms with Gasteiger partial charge in [-0.15, -0.1) is 0 Å². The van der Waals surface area contributed by atoms with Crippen molar-refractivity contribution in [1.82, 2.24) is 20.1 Å². The first-order valence-electron chi connectivity index (χ1n) is 13.5. The van der Waals surface area contributed by atoms with E-state index in [-0.39, 0.29) is 23.6 Å². The molecule has 0 bridgehead atoms. The Balaban J connectivity index is 1.46. The molecule has 1 amide bonds. The maximum Gasteiger partial charge on any atom is 0.421 e. The molecule has 2 heterocycles. The van der Waals surface area contributed by atoms with Gasteiger partial charge in [0.15, 0.2) is 5.60 Å². The van der Waals surface area contributed by atoms with E-state index < -0.39 is 11.8 Å². The quantitative estimate of drug-likeness (QED) is 0.409. The molecule has 1 fully saturated rings. The van der Waals surface area contributed by atoms with Gasteiger partial charge in [0.25, 0.3) is 0 Å². The van der Waals surface area contributed by atoms with Gasteiger partial charge in [-0.2, -0.15) is 13.2 Å². The minimum atomic E-state index is -4.76. The van der Waals surface area contributed by atoms with E-state index in [1.807, 2.05) is 45.0 Å². The van der Waals surface area contributed by atoms with Crippen molar-refractivity contribution >= 4 is 5.91 Å². The fourth-order valence-electron chi connectivity index (χ4n) is 5.11. The second-order valence-electron chi connectivity index (χ2n) is 11.0. The summed E-state index contributed by atoms with van der Waals surface area (Å²) in [6.45, 7) is 10.2. The normalized spacial score (nSPS) is 18.5. The summed E-state index contributed by atoms with van der Waals surface area (Å²) in [6, 6.07) is 15.7. The van der Waals surface area contributed by atoms with Crippen LogP contribution in [-0.2, 0) is 23.5 Å². The number of nitrogens with one attached hydrogen (secondary N) is 1. The van der Waals surface area contributed by atoms with Gasteiger partial charge in [0.05, 0.1) is 0 Å². The molecule has 0 aliphatic carbocycles. The predicted molar refractivity (Wildman–Crippen MR) is 149 cm³/mol. The number of halogens is 3. The number of carbonyl (C=O) groups excluding carboxylic acids is 1. The maximum atomic E-state index is 13.2. The molecular weight excluding hydrogens is 517 g/mol. The number of aliphatic hydroxyl groups is 1. The van der Waals surface area contributed by atoms with Crippen molar-refractivity contribution in [2.45, 2.75) is 64.6 Å². The van der Waals surface area contributed by atoms with Gasteiger partial charge >= 0.3 is 6.18 Å². The molecule has 1 unspecified atom stereocenters. The van der Waals surface area contributed by atoms with Crippen LogP contribution in [0.25, 0.3) is 11.1 Å². The minimum absolute atomic E-state index is 0.0215. The molecule has 1 saturated heterocycles. The Morgan fingerprint density at radius 1 is 1.02 bits per heavy atom. The van der Waals surface area contributed by atoms with Crippen molar-refractivity contribution in [3.8, 4) is 11.1 Å². The van der Waals surface area contributed by atoms with Crippen molar-refractivity contribution in [3.63, 3.8) is 0 Å². The van der Waals surface area contributed by atoms with Crippen LogP contribution < -0.4 is 5.32 Å². The highest BCUT2D eigenvalue weighted by Crippen LogP contribution is 2.39. The lowest BCUT2D eigenvalue weighted by atomic mass is 9.92. The highest BCUT2D eigenvalue weighted by atomic mass is 19.4. The van der Waals surface area contributed by atoms with E-state index in [9.17, 15) is 23.1 Å². The van der Waals surface area contributed by atoms with Crippen LogP contribution >= 0.6 is 0 Å². The monoisotopic (exact) mass is 554 g/mol. The highest BCUT2D eigenvalue weighted by molar-refractivity contribution is 5.82. The molecule has 2 aromatic carbocycles. The van der Waals surface area contributed by atoms with Gasteiger partial charge in [-0.05, 0) is 73.2 Å². The Bertz CT molecular complexity index is 1290. The molecule has 1 aliphatic heterocycles. The summed E-state index contributed by atoms with van der Waals surface area (Å²) < 4.78 is 39.6. The minimum Gasteiger partial charge on any atom is -0.376 e. The van der Waals surface area contributed by atoms with Crippen LogP contribution in [0.15, 0.2) is 67.0 Å². The van der Waals surface area contributed by atoms with Crippen LogP contribution in [-0.4, -0.2) is 63.7 Å². The number of benzene rings is 2. The maximum absolute atomic E-state index is 13.2. The summed E-state index contributed by atoms with van der Waals surface area (Å²) in [7, 11) is 0. The first-order valence-corrected chi connectivity index (χ1v) is 13.5. The number of nitrogens with zero attached hydrogens (tertiary/aromatic N) is 3. The van der Waals surface area contributed by atoms with Crippen LogP contribution in [0, 0.1) is 6.92 Å². The Morgan fingerprint density at radius 3 is 2.30 bits per heavy atom. The average Bonchev–Trinajstić information content (AvgIpc) is 2.89. The zero-order valence-corrected chi connectivity index (χ0v) is 23.4. The first kappa shape index (κ1) is 29.7. The molecule has 40 heavy (non-hydrogen) atoms. The van der Waals surface area contributed by atoms with E-state index in [1.54, 1.807) is 24.5 Å². The number of aromatic nitrogens is 1. The Hall–Kier alpha value is -3.27. The van der Waals surface area contributed by atoms with Gasteiger partial charge < -0.3 is 10.4 Å². The molecule has 0 saturated carbocycles. The van der Waals surface area contributed by atoms with Crippen molar-refractivity contribution < 1.29 is 23.1 Å². The molecule has 2 atom stereocenters. The number of amides is 1. The SMILES string of the molecule is Cc1cc(CN2CCN(Cc3ccncc3)[C@@H](C(=O)NC(C)C)C2)ccc1-c1ccc(C(C)(O)C(F)(F)F)cc1. The number of hydrogen-bond donors (Lipinski definition) is 2. The molecule has 1 aliphatic rings. The summed E-state index contributed by atoms with van der Waals surface area (Å²) in [5.41, 5.74) is 1.81. The molecule has 9 heteroatoms. The summed E-state index contributed by atoms with van der Waals surface area (Å²) in [5.74, 6) is 0.0215. The van der Waals surface area contributed by atoms with Gasteiger partial charge in [-0.25, -0.2) is 0 Å². The summed E-state index contributed by atoms with van der Waals surface area (Å²) in [6.07, 6.45) is -1.23. The van der Waals surface area contributed by atoms with Gasteiger partial charge in [-0.3, -0.25) is 19.6 Å². The third-order valence-corrected chi connectivity index (χ3v) is 7.45. The van der Waals surface area contributed by atoms with Gasteiger partial charge in [0.2, 0.25) is 5.91 Å². The van der Waals surface area contributed by atoms with Crippen molar-refractivity contribution in [2.75, 3.05) is 19.6 Å². The van der Waals surface area contributed by atoms with Gasteiger partial charge in [0.1, 0.15) is 6.04 Å². The number of pyridine rings is 1. The number of piperazine rings is 1. The topological polar surface area (TPSA) is 68.7 Å². The zero-order valence-electron chi connectivity index (χ0n) is 23.4. The standard InChI is InChI=1S/C31H37F3N4O2/c1-21(2)36-29(39)28-20-37(15-16-38(28)19-23-11-13-35-14-12-23)18-24-5-10-27(22(3)17-24)25-6-8-26(9-7-25)30(4,40)31(32,33)34/h5-14,17,21,28,40H,15-16,18-20H2,1-4H3,(H,36,39)/t28-,30?/m1/s1. The molecule has 3 aromatic rings. The van der Waals surface area contributed by atoms with Gasteiger partial charge in [-0.1, -0.05) is 42.5 Å². The van der Waals surface area contributed by atoms with E-state index in [0.29, 0.717) is 19.6 Å². The molecule has 0 radical (unpaired) electrons. The molecule has 1 aromatic heterocycles. The predicted octanol–water partition coefficient (Wildman–Crippen LogP) is 5.04. The van der Waals surface area contributed by atoms with E-state index in [1.165, 1.54) is 12.1 Å². The molecule has 6 nitrogen and oxygen atoms in total. The van der Waals surface area contributed by atoms with Gasteiger partial charge in [0, 0.05) is 51.2 Å². The number of rotatable bonds is 8. The Kier molecular flexibility index (Phi) is 8.97. The molecule has 0 spiro atoms. The van der Waals surface area contributed by atoms with E-state index in [0.717, 1.165) is 47.8 Å². The zero-order chi connectivity index (χ0) is 29.1. The number of alkyl halides is 3. The average molecular weight is 555 g/mol. The van der Waals surface area contributed by atoms with Crippen LogP contribution in [0.1, 0.15) is 43.0 Å². The van der Waals surface area contributed by atoms with E-state index >= 15 is 0 Å². The summed E-state index contributed by atoms with van der Waals surface area (Å²) >= 11 is 0. The van der Waals surface area contributed by atoms with Crippen LogP contribution in [0.3, 0.4) is 0 Å². The number of hydrogen-bond acceptors (Lipinski definition) is 5. The van der Waals surface area contributed by atoms with Crippen molar-refractivity contribution in [2.24, 2.45) is 0 Å². The van der Waals surface area contributed by atoms with Crippen LogP contribution in [0.2, 0.25) is 0 Å². The smallest absolute Gasteiger partial charge is 0.376 e. The highest BCUT2D eigenvalue weighted by Gasteiger charge is 2.51. The Labute approximate surface area is 233 Å². The third kappa shape index (κ3) is 6.89. The lowest BCUT2D eigenvalue weighted by Gasteiger charge is -2.41. The third-order valence-electron chi connectivity index (χ3n) is 7.45. The molecular formula is C31H37F3N4O2. The van der Waals surface area contributed by atoms with Crippen LogP contribution in [0.4, 0.5) is 13.2 Å². The molecule has 214 valence electrons. The van der Waals surface area contributed by atoms with Crippen molar-refractivity contribution in [3.05, 3.63) is 89.2 Å². The van der Waals surface area contributed by atoms with E-state index in [4.69, 9.17) is 0 Å². The molecule has 2 N–H and O–H groups in total. The fourth-order valence-corrected chi connectivity index (χ4v) is 5.11. The summed E-state index contributed by atoms with van der Waals surface area (Å²) in [4.78, 5) is 21.7. The van der Waals surface area contributed by atoms with Crippen molar-refractivity contribution in [1.29, 1.82) is 0 Å². The lowest BCUT2D eigenvalue weighted by molar-refractivity contribution is -0.258. The largest absolute Gasteiger partial charge is 0.421 e. The second kappa shape index (κ2) is 12.1. The number of aryl methyl sites for hydroxylation is 1. The van der Waals surface area contributed by atoms with E-state index in [2.05, 4.69) is 26.2 Å². The second-order valence-corrected chi connectivity index (χ2v) is 11.0. The first-order chi connectivity index (χ1) is 18.8. The van der Waals surface area contributed by atoms with Crippen LogP contribution in [0.5, 0.6) is 0 Å². The Morgan fingerprint density at radius 2 is 1.70 bits per heavy atom. The fraction of sp³-hybridized carbons (Fsp3) is 0.419. The summed E-state index contributed by atoms with van der Waals surface area (Å²) in [5, 5.41) is 13.0. The molecule has 4 rings (SSSR count).